The lowest BCUT2D eigenvalue weighted by atomic mass is 10.1. The molecule has 1 aliphatic heterocycles. The highest BCUT2D eigenvalue weighted by Gasteiger charge is 2.25. The molecular weight excluding hydrogens is 224 g/mol. The Balaban J connectivity index is 2.00. The highest BCUT2D eigenvalue weighted by molar-refractivity contribution is 5.94. The SMILES string of the molecule is CCCc1ccc(C(=O)N2CCC(CN)C2)cc1. The molecule has 1 fully saturated rings. The molecule has 2 N–H and O–H groups in total. The van der Waals surface area contributed by atoms with Crippen LogP contribution in [0.4, 0.5) is 0 Å². The van der Waals surface area contributed by atoms with E-state index >= 15 is 0 Å². The fourth-order valence-electron chi connectivity index (χ4n) is 2.49. The van der Waals surface area contributed by atoms with Crippen LogP contribution in [0.25, 0.3) is 0 Å². The van der Waals surface area contributed by atoms with E-state index in [0.717, 1.165) is 37.9 Å². The average molecular weight is 246 g/mol. The normalized spacial score (nSPS) is 19.2. The molecule has 0 aromatic heterocycles. The summed E-state index contributed by atoms with van der Waals surface area (Å²) in [6, 6.07) is 8.02. The van der Waals surface area contributed by atoms with E-state index in [9.17, 15) is 4.79 Å². The fourth-order valence-corrected chi connectivity index (χ4v) is 2.49. The predicted octanol–water partition coefficient (Wildman–Crippen LogP) is 2.06. The standard InChI is InChI=1S/C15H22N2O/c1-2-3-12-4-6-14(7-5-12)15(18)17-9-8-13(10-16)11-17/h4-7,13H,2-3,8-11,16H2,1H3. The molecule has 18 heavy (non-hydrogen) atoms. The summed E-state index contributed by atoms with van der Waals surface area (Å²) in [5.41, 5.74) is 7.75. The number of nitrogens with two attached hydrogens (primary N) is 1. The molecule has 1 unspecified atom stereocenters. The Hall–Kier alpha value is -1.35. The van der Waals surface area contributed by atoms with E-state index in [1.165, 1.54) is 5.56 Å². The molecule has 2 rings (SSSR count). The van der Waals surface area contributed by atoms with Crippen LogP contribution in [-0.4, -0.2) is 30.4 Å². The van der Waals surface area contributed by atoms with Gasteiger partial charge in [-0.2, -0.15) is 0 Å². The van der Waals surface area contributed by atoms with Crippen LogP contribution in [0.3, 0.4) is 0 Å². The van der Waals surface area contributed by atoms with E-state index in [2.05, 4.69) is 19.1 Å². The summed E-state index contributed by atoms with van der Waals surface area (Å²) in [6.07, 6.45) is 3.25. The van der Waals surface area contributed by atoms with Crippen molar-refractivity contribution in [1.29, 1.82) is 0 Å². The van der Waals surface area contributed by atoms with Gasteiger partial charge >= 0.3 is 0 Å². The van der Waals surface area contributed by atoms with Crippen molar-refractivity contribution in [3.63, 3.8) is 0 Å². The van der Waals surface area contributed by atoms with Crippen LogP contribution in [0.5, 0.6) is 0 Å². The van der Waals surface area contributed by atoms with Crippen molar-refractivity contribution < 1.29 is 4.79 Å². The van der Waals surface area contributed by atoms with E-state index in [1.807, 2.05) is 17.0 Å². The lowest BCUT2D eigenvalue weighted by Crippen LogP contribution is -2.29. The molecule has 3 heteroatoms. The third-order valence-corrected chi connectivity index (χ3v) is 3.65. The van der Waals surface area contributed by atoms with Crippen molar-refractivity contribution in [3.8, 4) is 0 Å². The van der Waals surface area contributed by atoms with Crippen LogP contribution in [0, 0.1) is 5.92 Å². The summed E-state index contributed by atoms with van der Waals surface area (Å²) in [4.78, 5) is 14.2. The number of rotatable bonds is 4. The minimum Gasteiger partial charge on any atom is -0.338 e. The van der Waals surface area contributed by atoms with Gasteiger partial charge in [0.15, 0.2) is 0 Å². The van der Waals surface area contributed by atoms with Crippen LogP contribution in [-0.2, 0) is 6.42 Å². The number of benzene rings is 1. The molecule has 1 aliphatic rings. The van der Waals surface area contributed by atoms with Crippen molar-refractivity contribution in [2.75, 3.05) is 19.6 Å². The van der Waals surface area contributed by atoms with Crippen LogP contribution in [0.15, 0.2) is 24.3 Å². The molecule has 0 aliphatic carbocycles. The van der Waals surface area contributed by atoms with Gasteiger partial charge in [0.1, 0.15) is 0 Å². The van der Waals surface area contributed by atoms with Crippen molar-refractivity contribution in [2.45, 2.75) is 26.2 Å². The van der Waals surface area contributed by atoms with E-state index < -0.39 is 0 Å². The van der Waals surface area contributed by atoms with E-state index in [1.54, 1.807) is 0 Å². The lowest BCUT2D eigenvalue weighted by Gasteiger charge is -2.16. The minimum absolute atomic E-state index is 0.147. The minimum atomic E-state index is 0.147. The monoisotopic (exact) mass is 246 g/mol. The van der Waals surface area contributed by atoms with Crippen molar-refractivity contribution in [2.24, 2.45) is 11.7 Å². The Bertz CT molecular complexity index is 399. The average Bonchev–Trinajstić information content (AvgIpc) is 2.88. The quantitative estimate of drug-likeness (QED) is 0.884. The molecule has 0 bridgehead atoms. The summed E-state index contributed by atoms with van der Waals surface area (Å²) >= 11 is 0. The number of carbonyl (C=O) groups is 1. The molecule has 1 aromatic carbocycles. The first kappa shape index (κ1) is 13.1. The Labute approximate surface area is 109 Å². The van der Waals surface area contributed by atoms with E-state index in [4.69, 9.17) is 5.73 Å². The Morgan fingerprint density at radius 1 is 1.39 bits per heavy atom. The van der Waals surface area contributed by atoms with Crippen LogP contribution in [0.2, 0.25) is 0 Å². The van der Waals surface area contributed by atoms with Gasteiger partial charge in [-0.05, 0) is 43.0 Å². The second-order valence-corrected chi connectivity index (χ2v) is 5.09. The highest BCUT2D eigenvalue weighted by atomic mass is 16.2. The molecule has 0 radical (unpaired) electrons. The number of hydrogen-bond acceptors (Lipinski definition) is 2. The van der Waals surface area contributed by atoms with Crippen molar-refractivity contribution in [3.05, 3.63) is 35.4 Å². The molecule has 0 spiro atoms. The first-order chi connectivity index (χ1) is 8.74. The zero-order valence-electron chi connectivity index (χ0n) is 11.1. The second kappa shape index (κ2) is 6.01. The topological polar surface area (TPSA) is 46.3 Å². The fraction of sp³-hybridized carbons (Fsp3) is 0.533. The molecule has 1 atom stereocenters. The lowest BCUT2D eigenvalue weighted by molar-refractivity contribution is 0.0787. The predicted molar refractivity (Wildman–Crippen MR) is 73.5 cm³/mol. The van der Waals surface area contributed by atoms with Crippen LogP contribution < -0.4 is 5.73 Å². The molecule has 1 aromatic rings. The maximum atomic E-state index is 12.3. The van der Waals surface area contributed by atoms with E-state index in [-0.39, 0.29) is 5.91 Å². The zero-order chi connectivity index (χ0) is 13.0. The van der Waals surface area contributed by atoms with Gasteiger partial charge in [0.25, 0.3) is 5.91 Å². The highest BCUT2D eigenvalue weighted by Crippen LogP contribution is 2.18. The largest absolute Gasteiger partial charge is 0.338 e. The smallest absolute Gasteiger partial charge is 0.253 e. The van der Waals surface area contributed by atoms with Crippen molar-refractivity contribution in [1.82, 2.24) is 4.90 Å². The third-order valence-electron chi connectivity index (χ3n) is 3.65. The number of likely N-dealkylation sites (tertiary alicyclic amines) is 1. The summed E-state index contributed by atoms with van der Waals surface area (Å²) in [5, 5.41) is 0. The Morgan fingerprint density at radius 2 is 2.11 bits per heavy atom. The number of carbonyl (C=O) groups excluding carboxylic acids is 1. The Kier molecular flexibility index (Phi) is 4.37. The van der Waals surface area contributed by atoms with Crippen molar-refractivity contribution >= 4 is 5.91 Å². The molecule has 1 heterocycles. The third kappa shape index (κ3) is 2.91. The van der Waals surface area contributed by atoms with Crippen LogP contribution >= 0.6 is 0 Å². The summed E-state index contributed by atoms with van der Waals surface area (Å²) < 4.78 is 0. The molecule has 1 amide bonds. The molecule has 1 saturated heterocycles. The number of amides is 1. The van der Waals surface area contributed by atoms with Gasteiger partial charge in [0.05, 0.1) is 0 Å². The van der Waals surface area contributed by atoms with Gasteiger partial charge in [0.2, 0.25) is 0 Å². The van der Waals surface area contributed by atoms with Gasteiger partial charge in [0, 0.05) is 18.7 Å². The van der Waals surface area contributed by atoms with E-state index in [0.29, 0.717) is 12.5 Å². The summed E-state index contributed by atoms with van der Waals surface area (Å²) in [7, 11) is 0. The van der Waals surface area contributed by atoms with Gasteiger partial charge in [-0.25, -0.2) is 0 Å². The van der Waals surface area contributed by atoms with Crippen LogP contribution in [0.1, 0.15) is 35.7 Å². The van der Waals surface area contributed by atoms with Gasteiger partial charge in [-0.1, -0.05) is 25.5 Å². The number of nitrogens with zero attached hydrogens (tertiary/aromatic N) is 1. The first-order valence-electron chi connectivity index (χ1n) is 6.83. The number of hydrogen-bond donors (Lipinski definition) is 1. The van der Waals surface area contributed by atoms with Gasteiger partial charge < -0.3 is 10.6 Å². The zero-order valence-corrected chi connectivity index (χ0v) is 11.1. The molecule has 3 nitrogen and oxygen atoms in total. The summed E-state index contributed by atoms with van der Waals surface area (Å²) in [5.74, 6) is 0.627. The molecule has 98 valence electrons. The molecular formula is C15H22N2O. The molecule has 0 saturated carbocycles. The maximum absolute atomic E-state index is 12.3. The second-order valence-electron chi connectivity index (χ2n) is 5.09. The van der Waals surface area contributed by atoms with Gasteiger partial charge in [-0.15, -0.1) is 0 Å². The Morgan fingerprint density at radius 3 is 2.67 bits per heavy atom. The first-order valence-corrected chi connectivity index (χ1v) is 6.83. The summed E-state index contributed by atoms with van der Waals surface area (Å²) in [6.45, 7) is 4.50. The number of aryl methyl sites for hydroxylation is 1. The maximum Gasteiger partial charge on any atom is 0.253 e. The van der Waals surface area contributed by atoms with Gasteiger partial charge in [-0.3, -0.25) is 4.79 Å².